The molecule has 0 radical (unpaired) electrons. The first kappa shape index (κ1) is 19.3. The van der Waals surface area contributed by atoms with Gasteiger partial charge in [0.25, 0.3) is 0 Å². The summed E-state index contributed by atoms with van der Waals surface area (Å²) in [5.74, 6) is 2.56. The molecule has 0 atom stereocenters. The second kappa shape index (κ2) is 8.22. The van der Waals surface area contributed by atoms with E-state index in [1.165, 1.54) is 0 Å². The van der Waals surface area contributed by atoms with Crippen LogP contribution in [0.3, 0.4) is 0 Å². The highest BCUT2D eigenvalue weighted by Gasteiger charge is 2.16. The molecular weight excluding hydrogens is 404 g/mol. The van der Waals surface area contributed by atoms with Crippen molar-refractivity contribution in [1.29, 1.82) is 10.5 Å². The molecule has 0 saturated carbocycles. The largest absolute Gasteiger partial charge is 0.454 e. The Kier molecular flexibility index (Phi) is 4.95. The van der Waals surface area contributed by atoms with Crippen molar-refractivity contribution in [3.8, 4) is 35.1 Å². The van der Waals surface area contributed by atoms with Crippen LogP contribution in [-0.2, 0) is 0 Å². The quantitative estimate of drug-likeness (QED) is 0.422. The first-order valence-electron chi connectivity index (χ1n) is 9.88. The Balaban J connectivity index is 1.53. The monoisotopic (exact) mass is 420 g/mol. The van der Waals surface area contributed by atoms with Crippen LogP contribution in [0.2, 0.25) is 0 Å². The fraction of sp³-hybridized carbons (Fsp3) is 0.0769. The number of nitriles is 2. The first-order chi connectivity index (χ1) is 15.7. The Morgan fingerprint density at radius 2 is 1.06 bits per heavy atom. The van der Waals surface area contributed by atoms with E-state index in [-0.39, 0.29) is 13.6 Å². The minimum atomic E-state index is 0.175. The van der Waals surface area contributed by atoms with Crippen LogP contribution in [0.15, 0.2) is 60.7 Å². The number of benzene rings is 3. The van der Waals surface area contributed by atoms with Crippen LogP contribution in [0.1, 0.15) is 22.3 Å². The third-order valence-electron chi connectivity index (χ3n) is 5.20. The van der Waals surface area contributed by atoms with Gasteiger partial charge in [0.15, 0.2) is 23.0 Å². The smallest absolute Gasteiger partial charge is 0.231 e. The van der Waals surface area contributed by atoms with Gasteiger partial charge in [-0.25, -0.2) is 0 Å². The maximum absolute atomic E-state index is 9.79. The summed E-state index contributed by atoms with van der Waals surface area (Å²) in [6.07, 6.45) is 3.61. The highest BCUT2D eigenvalue weighted by molar-refractivity contribution is 5.95. The molecule has 32 heavy (non-hydrogen) atoms. The van der Waals surface area contributed by atoms with E-state index < -0.39 is 0 Å². The molecule has 3 aromatic carbocycles. The lowest BCUT2D eigenvalue weighted by atomic mass is 9.97. The molecule has 154 valence electrons. The number of rotatable bonds is 4. The van der Waals surface area contributed by atoms with E-state index in [2.05, 4.69) is 12.1 Å². The van der Waals surface area contributed by atoms with Crippen LogP contribution in [0.25, 0.3) is 23.3 Å². The second-order valence-electron chi connectivity index (χ2n) is 7.10. The zero-order valence-electron chi connectivity index (χ0n) is 16.9. The van der Waals surface area contributed by atoms with Gasteiger partial charge in [0.05, 0.1) is 23.3 Å². The zero-order chi connectivity index (χ0) is 21.9. The van der Waals surface area contributed by atoms with E-state index in [1.54, 1.807) is 36.4 Å². The minimum absolute atomic E-state index is 0.175. The first-order valence-corrected chi connectivity index (χ1v) is 9.88. The summed E-state index contributed by atoms with van der Waals surface area (Å²) in [6, 6.07) is 23.0. The topological polar surface area (TPSA) is 84.5 Å². The van der Waals surface area contributed by atoms with Crippen LogP contribution < -0.4 is 18.9 Å². The second-order valence-corrected chi connectivity index (χ2v) is 7.10. The number of ether oxygens (including phenoxy) is 4. The van der Waals surface area contributed by atoms with E-state index in [0.717, 1.165) is 22.3 Å². The zero-order valence-corrected chi connectivity index (χ0v) is 16.9. The molecule has 2 heterocycles. The molecule has 2 aliphatic rings. The van der Waals surface area contributed by atoms with Gasteiger partial charge in [-0.3, -0.25) is 0 Å². The fourth-order valence-electron chi connectivity index (χ4n) is 3.57. The Hall–Kier alpha value is -4.68. The molecule has 0 saturated heterocycles. The molecule has 0 aliphatic carbocycles. The third kappa shape index (κ3) is 3.62. The number of hydrogen-bond donors (Lipinski definition) is 0. The lowest BCUT2D eigenvalue weighted by Gasteiger charge is -2.06. The summed E-state index contributed by atoms with van der Waals surface area (Å²) < 4.78 is 21.6. The van der Waals surface area contributed by atoms with Gasteiger partial charge in [0.1, 0.15) is 0 Å². The van der Waals surface area contributed by atoms with Crippen molar-refractivity contribution in [1.82, 2.24) is 0 Å². The molecule has 0 unspecified atom stereocenters. The number of allylic oxidation sites excluding steroid dienone is 2. The van der Waals surface area contributed by atoms with Crippen molar-refractivity contribution in [2.75, 3.05) is 13.6 Å². The molecule has 3 aromatic rings. The van der Waals surface area contributed by atoms with E-state index in [9.17, 15) is 10.5 Å². The minimum Gasteiger partial charge on any atom is -0.454 e. The predicted molar refractivity (Wildman–Crippen MR) is 119 cm³/mol. The molecule has 0 fully saturated rings. The highest BCUT2D eigenvalue weighted by Crippen LogP contribution is 2.36. The highest BCUT2D eigenvalue weighted by atomic mass is 16.7. The van der Waals surface area contributed by atoms with E-state index in [1.807, 2.05) is 36.4 Å². The van der Waals surface area contributed by atoms with Crippen LogP contribution in [-0.4, -0.2) is 13.6 Å². The molecule has 0 N–H and O–H groups in total. The van der Waals surface area contributed by atoms with E-state index in [4.69, 9.17) is 18.9 Å². The van der Waals surface area contributed by atoms with Crippen molar-refractivity contribution < 1.29 is 18.9 Å². The molecule has 2 aliphatic heterocycles. The van der Waals surface area contributed by atoms with Crippen molar-refractivity contribution in [3.05, 3.63) is 82.9 Å². The molecule has 6 heteroatoms. The van der Waals surface area contributed by atoms with Gasteiger partial charge in [-0.1, -0.05) is 24.3 Å². The SMILES string of the molecule is N#CC(=Cc1ccccc1C=C(C#N)c1ccc2c(c1)OCO2)c1ccc2c(c1)OCO2. The average Bonchev–Trinajstić information content (AvgIpc) is 3.50. The number of fused-ring (bicyclic) bond motifs is 2. The Labute approximate surface area is 184 Å². The van der Waals surface area contributed by atoms with Gasteiger partial charge in [0.2, 0.25) is 13.6 Å². The number of nitrogens with zero attached hydrogens (tertiary/aromatic N) is 2. The maximum atomic E-state index is 9.79. The molecular formula is C26H16N2O4. The lowest BCUT2D eigenvalue weighted by Crippen LogP contribution is -1.93. The average molecular weight is 420 g/mol. The predicted octanol–water partition coefficient (Wildman–Crippen LogP) is 5.27. The molecule has 0 bridgehead atoms. The van der Waals surface area contributed by atoms with Crippen LogP contribution in [0.5, 0.6) is 23.0 Å². The van der Waals surface area contributed by atoms with Crippen LogP contribution in [0, 0.1) is 22.7 Å². The summed E-state index contributed by atoms with van der Waals surface area (Å²) in [6.45, 7) is 0.351. The van der Waals surface area contributed by atoms with Crippen LogP contribution in [0.4, 0.5) is 0 Å². The Morgan fingerprint density at radius 3 is 1.50 bits per heavy atom. The van der Waals surface area contributed by atoms with Crippen molar-refractivity contribution >= 4 is 23.3 Å². The molecule has 0 amide bonds. The molecule has 0 spiro atoms. The van der Waals surface area contributed by atoms with Crippen LogP contribution >= 0.6 is 0 Å². The summed E-state index contributed by atoms with van der Waals surface area (Å²) in [5.41, 5.74) is 4.04. The van der Waals surface area contributed by atoms with Gasteiger partial charge >= 0.3 is 0 Å². The Morgan fingerprint density at radius 1 is 0.625 bits per heavy atom. The van der Waals surface area contributed by atoms with Gasteiger partial charge in [-0.05, 0) is 70.8 Å². The normalized spacial score (nSPS) is 14.1. The van der Waals surface area contributed by atoms with Crippen molar-refractivity contribution in [2.45, 2.75) is 0 Å². The van der Waals surface area contributed by atoms with E-state index >= 15 is 0 Å². The molecule has 6 nitrogen and oxygen atoms in total. The van der Waals surface area contributed by atoms with E-state index in [0.29, 0.717) is 34.1 Å². The van der Waals surface area contributed by atoms with Gasteiger partial charge < -0.3 is 18.9 Å². The molecule has 0 aromatic heterocycles. The van der Waals surface area contributed by atoms with Gasteiger partial charge in [0, 0.05) is 0 Å². The van der Waals surface area contributed by atoms with Gasteiger partial charge in [-0.2, -0.15) is 10.5 Å². The lowest BCUT2D eigenvalue weighted by molar-refractivity contribution is 0.173. The standard InChI is InChI=1S/C26H16N2O4/c27-13-21(19-5-7-23-25(11-19)31-15-29-23)9-17-3-1-2-4-18(17)10-22(14-28)20-6-8-24-26(12-20)32-16-30-24/h1-12H,15-16H2. The summed E-state index contributed by atoms with van der Waals surface area (Å²) in [4.78, 5) is 0. The third-order valence-corrected chi connectivity index (χ3v) is 5.20. The molecule has 5 rings (SSSR count). The summed E-state index contributed by atoms with van der Waals surface area (Å²) in [5, 5.41) is 19.6. The summed E-state index contributed by atoms with van der Waals surface area (Å²) >= 11 is 0. The van der Waals surface area contributed by atoms with Gasteiger partial charge in [-0.15, -0.1) is 0 Å². The van der Waals surface area contributed by atoms with Crippen molar-refractivity contribution in [2.24, 2.45) is 0 Å². The fourth-order valence-corrected chi connectivity index (χ4v) is 3.57. The number of hydrogen-bond acceptors (Lipinski definition) is 6. The van der Waals surface area contributed by atoms with Crippen molar-refractivity contribution in [3.63, 3.8) is 0 Å². The Bertz CT molecular complexity index is 1250. The summed E-state index contributed by atoms with van der Waals surface area (Å²) in [7, 11) is 0. The maximum Gasteiger partial charge on any atom is 0.231 e.